The standard InChI is InChI=1S/C11H11BrO3/c1-2-14-11(13)10-9(15-10)7-3-5-8(12)6-4-7/h3-6,9-10H,2H2,1H3/t9-,10-/m0/s1. The van der Waals surface area contributed by atoms with E-state index in [4.69, 9.17) is 9.47 Å². The molecular formula is C11H11BrO3. The van der Waals surface area contributed by atoms with Crippen LogP contribution in [0.1, 0.15) is 18.6 Å². The van der Waals surface area contributed by atoms with Crippen molar-refractivity contribution in [2.45, 2.75) is 19.1 Å². The number of hydrogen-bond acceptors (Lipinski definition) is 3. The molecule has 1 aliphatic heterocycles. The van der Waals surface area contributed by atoms with Gasteiger partial charge in [-0.15, -0.1) is 0 Å². The van der Waals surface area contributed by atoms with Crippen LogP contribution in [0.25, 0.3) is 0 Å². The molecule has 0 N–H and O–H groups in total. The molecule has 0 bridgehead atoms. The Hall–Kier alpha value is -0.870. The van der Waals surface area contributed by atoms with E-state index in [0.29, 0.717) is 6.61 Å². The number of esters is 1. The van der Waals surface area contributed by atoms with Crippen molar-refractivity contribution in [1.29, 1.82) is 0 Å². The molecule has 0 amide bonds. The quantitative estimate of drug-likeness (QED) is 0.626. The fraction of sp³-hybridized carbons (Fsp3) is 0.364. The molecule has 0 spiro atoms. The van der Waals surface area contributed by atoms with Crippen LogP contribution in [0, 0.1) is 0 Å². The van der Waals surface area contributed by atoms with E-state index < -0.39 is 6.10 Å². The normalized spacial score (nSPS) is 23.6. The first-order valence-electron chi connectivity index (χ1n) is 4.80. The van der Waals surface area contributed by atoms with Crippen molar-refractivity contribution in [3.63, 3.8) is 0 Å². The summed E-state index contributed by atoms with van der Waals surface area (Å²) in [4.78, 5) is 11.3. The highest BCUT2D eigenvalue weighted by Crippen LogP contribution is 2.39. The minimum Gasteiger partial charge on any atom is -0.464 e. The first kappa shape index (κ1) is 10.6. The van der Waals surface area contributed by atoms with Crippen molar-refractivity contribution in [2.24, 2.45) is 0 Å². The van der Waals surface area contributed by atoms with Gasteiger partial charge in [-0.3, -0.25) is 0 Å². The van der Waals surface area contributed by atoms with Gasteiger partial charge in [0.05, 0.1) is 6.61 Å². The summed E-state index contributed by atoms with van der Waals surface area (Å²) in [5, 5.41) is 0. The molecule has 80 valence electrons. The van der Waals surface area contributed by atoms with Gasteiger partial charge in [-0.05, 0) is 24.6 Å². The molecule has 0 unspecified atom stereocenters. The third-order valence-electron chi connectivity index (χ3n) is 2.21. The van der Waals surface area contributed by atoms with Gasteiger partial charge in [0.1, 0.15) is 6.10 Å². The van der Waals surface area contributed by atoms with Crippen LogP contribution in [0.15, 0.2) is 28.7 Å². The number of carbonyl (C=O) groups excluding carboxylic acids is 1. The second kappa shape index (κ2) is 4.33. The average Bonchev–Trinajstić information content (AvgIpc) is 2.99. The first-order valence-corrected chi connectivity index (χ1v) is 5.59. The zero-order chi connectivity index (χ0) is 10.8. The second-order valence-corrected chi connectivity index (χ2v) is 4.20. The summed E-state index contributed by atoms with van der Waals surface area (Å²) in [7, 11) is 0. The Morgan fingerprint density at radius 2 is 2.13 bits per heavy atom. The predicted octanol–water partition coefficient (Wildman–Crippen LogP) is 2.45. The Morgan fingerprint density at radius 3 is 2.73 bits per heavy atom. The van der Waals surface area contributed by atoms with Gasteiger partial charge in [-0.25, -0.2) is 4.79 Å². The van der Waals surface area contributed by atoms with Crippen LogP contribution in [0.2, 0.25) is 0 Å². The Morgan fingerprint density at radius 1 is 1.47 bits per heavy atom. The summed E-state index contributed by atoms with van der Waals surface area (Å²) >= 11 is 3.35. The topological polar surface area (TPSA) is 38.8 Å². The molecular weight excluding hydrogens is 260 g/mol. The van der Waals surface area contributed by atoms with Crippen molar-refractivity contribution >= 4 is 21.9 Å². The zero-order valence-corrected chi connectivity index (χ0v) is 9.86. The molecule has 15 heavy (non-hydrogen) atoms. The molecule has 1 heterocycles. The number of hydrogen-bond donors (Lipinski definition) is 0. The Bertz CT molecular complexity index is 361. The SMILES string of the molecule is CCOC(=O)[C@H]1O[C@H]1c1ccc(Br)cc1. The van der Waals surface area contributed by atoms with Gasteiger partial charge in [-0.2, -0.15) is 0 Å². The van der Waals surface area contributed by atoms with Crippen molar-refractivity contribution in [1.82, 2.24) is 0 Å². The third-order valence-corrected chi connectivity index (χ3v) is 2.74. The van der Waals surface area contributed by atoms with E-state index in [0.717, 1.165) is 10.0 Å². The largest absolute Gasteiger partial charge is 0.464 e. The van der Waals surface area contributed by atoms with E-state index >= 15 is 0 Å². The molecule has 1 aromatic rings. The average molecular weight is 271 g/mol. The summed E-state index contributed by atoms with van der Waals surface area (Å²) < 4.78 is 11.1. The Balaban J connectivity index is 1.98. The van der Waals surface area contributed by atoms with Crippen LogP contribution < -0.4 is 0 Å². The van der Waals surface area contributed by atoms with Crippen LogP contribution in [0.5, 0.6) is 0 Å². The van der Waals surface area contributed by atoms with E-state index in [-0.39, 0.29) is 12.1 Å². The molecule has 2 atom stereocenters. The third kappa shape index (κ3) is 2.38. The first-order chi connectivity index (χ1) is 7.22. The minimum atomic E-state index is -0.411. The monoisotopic (exact) mass is 270 g/mol. The number of epoxide rings is 1. The highest BCUT2D eigenvalue weighted by molar-refractivity contribution is 9.10. The maximum atomic E-state index is 11.3. The van der Waals surface area contributed by atoms with Crippen LogP contribution in [0.3, 0.4) is 0 Å². The van der Waals surface area contributed by atoms with Gasteiger partial charge in [-0.1, -0.05) is 28.1 Å². The number of ether oxygens (including phenoxy) is 2. The number of halogens is 1. The molecule has 1 aromatic carbocycles. The predicted molar refractivity (Wildman–Crippen MR) is 58.4 cm³/mol. The lowest BCUT2D eigenvalue weighted by atomic mass is 10.1. The lowest BCUT2D eigenvalue weighted by Crippen LogP contribution is -2.11. The molecule has 2 rings (SSSR count). The lowest BCUT2D eigenvalue weighted by Gasteiger charge is -1.97. The van der Waals surface area contributed by atoms with Crippen LogP contribution in [-0.2, 0) is 14.3 Å². The van der Waals surface area contributed by atoms with Gasteiger partial charge in [0.25, 0.3) is 0 Å². The van der Waals surface area contributed by atoms with Gasteiger partial charge >= 0.3 is 5.97 Å². The van der Waals surface area contributed by atoms with Crippen LogP contribution >= 0.6 is 15.9 Å². The van der Waals surface area contributed by atoms with E-state index in [9.17, 15) is 4.79 Å². The molecule has 1 saturated heterocycles. The van der Waals surface area contributed by atoms with Gasteiger partial charge in [0.2, 0.25) is 0 Å². The maximum absolute atomic E-state index is 11.3. The molecule has 0 radical (unpaired) electrons. The summed E-state index contributed by atoms with van der Waals surface area (Å²) in [6.45, 7) is 2.18. The van der Waals surface area contributed by atoms with E-state index in [1.165, 1.54) is 0 Å². The van der Waals surface area contributed by atoms with E-state index in [1.54, 1.807) is 6.92 Å². The van der Waals surface area contributed by atoms with Gasteiger partial charge < -0.3 is 9.47 Å². The molecule has 4 heteroatoms. The minimum absolute atomic E-state index is 0.128. The summed E-state index contributed by atoms with van der Waals surface area (Å²) in [5.41, 5.74) is 1.01. The molecule has 1 aliphatic rings. The second-order valence-electron chi connectivity index (χ2n) is 3.28. The van der Waals surface area contributed by atoms with Crippen LogP contribution in [0.4, 0.5) is 0 Å². The summed E-state index contributed by atoms with van der Waals surface area (Å²) in [5.74, 6) is -0.273. The highest BCUT2D eigenvalue weighted by Gasteiger charge is 2.47. The molecule has 3 nitrogen and oxygen atoms in total. The van der Waals surface area contributed by atoms with Crippen molar-refractivity contribution in [3.8, 4) is 0 Å². The van der Waals surface area contributed by atoms with E-state index in [2.05, 4.69) is 15.9 Å². The van der Waals surface area contributed by atoms with Crippen molar-refractivity contribution < 1.29 is 14.3 Å². The number of rotatable bonds is 3. The lowest BCUT2D eigenvalue weighted by molar-refractivity contribution is -0.144. The Kier molecular flexibility index (Phi) is 3.07. The highest BCUT2D eigenvalue weighted by atomic mass is 79.9. The van der Waals surface area contributed by atoms with Gasteiger partial charge in [0.15, 0.2) is 6.10 Å². The van der Waals surface area contributed by atoms with Crippen molar-refractivity contribution in [2.75, 3.05) is 6.61 Å². The summed E-state index contributed by atoms with van der Waals surface area (Å²) in [6.07, 6.45) is -0.539. The fourth-order valence-electron chi connectivity index (χ4n) is 1.42. The fourth-order valence-corrected chi connectivity index (χ4v) is 1.69. The molecule has 0 aliphatic carbocycles. The smallest absolute Gasteiger partial charge is 0.338 e. The van der Waals surface area contributed by atoms with Crippen LogP contribution in [-0.4, -0.2) is 18.7 Å². The zero-order valence-electron chi connectivity index (χ0n) is 8.27. The molecule has 1 fully saturated rings. The summed E-state index contributed by atoms with van der Waals surface area (Å²) in [6, 6.07) is 7.74. The molecule has 0 saturated carbocycles. The number of benzene rings is 1. The Labute approximate surface area is 96.5 Å². The van der Waals surface area contributed by atoms with E-state index in [1.807, 2.05) is 24.3 Å². The number of carbonyl (C=O) groups is 1. The van der Waals surface area contributed by atoms with Crippen molar-refractivity contribution in [3.05, 3.63) is 34.3 Å². The molecule has 0 aromatic heterocycles. The maximum Gasteiger partial charge on any atom is 0.338 e. The van der Waals surface area contributed by atoms with Gasteiger partial charge in [0, 0.05) is 4.47 Å².